The van der Waals surface area contributed by atoms with Gasteiger partial charge in [0.25, 0.3) is 0 Å². The molecule has 0 radical (unpaired) electrons. The molecule has 0 aliphatic carbocycles. The van der Waals surface area contributed by atoms with E-state index >= 15 is 0 Å². The summed E-state index contributed by atoms with van der Waals surface area (Å²) in [6.07, 6.45) is 2.22. The molecule has 1 aromatic rings. The molecule has 0 amide bonds. The van der Waals surface area contributed by atoms with Crippen LogP contribution in [0.4, 0.5) is 0 Å². The molecular weight excluding hydrogens is 190 g/mol. The Morgan fingerprint density at radius 2 is 2.07 bits per heavy atom. The van der Waals surface area contributed by atoms with Crippen molar-refractivity contribution in [3.8, 4) is 5.75 Å². The summed E-state index contributed by atoms with van der Waals surface area (Å²) >= 11 is 0. The van der Waals surface area contributed by atoms with Crippen LogP contribution in [0, 0.1) is 5.92 Å². The first-order valence-electron chi connectivity index (χ1n) is 5.39. The Labute approximate surface area is 89.9 Å². The van der Waals surface area contributed by atoms with Crippen LogP contribution in [0.2, 0.25) is 0 Å². The Balaban J connectivity index is 2.05. The fourth-order valence-corrected chi connectivity index (χ4v) is 2.02. The number of phenolic OH excluding ortho intramolecular Hbond substituents is 1. The van der Waals surface area contributed by atoms with Crippen molar-refractivity contribution in [2.24, 2.45) is 11.7 Å². The quantitative estimate of drug-likeness (QED) is 0.777. The Hall–Kier alpha value is -1.06. The molecule has 1 aliphatic rings. The third-order valence-corrected chi connectivity index (χ3v) is 2.98. The van der Waals surface area contributed by atoms with Gasteiger partial charge in [-0.3, -0.25) is 0 Å². The van der Waals surface area contributed by atoms with Crippen molar-refractivity contribution in [1.29, 1.82) is 0 Å². The highest BCUT2D eigenvalue weighted by Crippen LogP contribution is 2.27. The van der Waals surface area contributed by atoms with Gasteiger partial charge in [-0.1, -0.05) is 12.1 Å². The number of hydrogen-bond donors (Lipinski definition) is 2. The summed E-state index contributed by atoms with van der Waals surface area (Å²) in [5, 5.41) is 9.18. The summed E-state index contributed by atoms with van der Waals surface area (Å²) in [5.74, 6) is 0.689. The van der Waals surface area contributed by atoms with Crippen LogP contribution in [0.5, 0.6) is 5.75 Å². The van der Waals surface area contributed by atoms with E-state index in [2.05, 4.69) is 0 Å². The molecule has 2 rings (SSSR count). The van der Waals surface area contributed by atoms with Gasteiger partial charge in [-0.05, 0) is 30.5 Å². The van der Waals surface area contributed by atoms with Gasteiger partial charge in [-0.25, -0.2) is 0 Å². The normalized spacial score (nSPS) is 23.7. The molecule has 3 N–H and O–H groups in total. The number of ether oxygens (including phenoxy) is 1. The second kappa shape index (κ2) is 4.64. The second-order valence-corrected chi connectivity index (χ2v) is 4.09. The van der Waals surface area contributed by atoms with Crippen LogP contribution in [-0.4, -0.2) is 18.3 Å². The number of hydrogen-bond acceptors (Lipinski definition) is 3. The highest BCUT2D eigenvalue weighted by Gasteiger charge is 2.22. The fraction of sp³-hybridized carbons (Fsp3) is 0.500. The van der Waals surface area contributed by atoms with Gasteiger partial charge in [0.05, 0.1) is 6.61 Å². The van der Waals surface area contributed by atoms with Crippen LogP contribution in [-0.2, 0) is 4.74 Å². The largest absolute Gasteiger partial charge is 0.508 e. The zero-order chi connectivity index (χ0) is 10.7. The van der Waals surface area contributed by atoms with E-state index in [1.807, 2.05) is 12.1 Å². The van der Waals surface area contributed by atoms with Crippen molar-refractivity contribution < 1.29 is 9.84 Å². The van der Waals surface area contributed by atoms with Gasteiger partial charge in [0.1, 0.15) is 5.75 Å². The van der Waals surface area contributed by atoms with E-state index < -0.39 is 0 Å². The van der Waals surface area contributed by atoms with E-state index in [-0.39, 0.29) is 11.8 Å². The Morgan fingerprint density at radius 3 is 2.67 bits per heavy atom. The molecule has 82 valence electrons. The number of phenols is 1. The molecule has 3 heteroatoms. The number of benzene rings is 1. The van der Waals surface area contributed by atoms with Crippen LogP contribution in [0.25, 0.3) is 0 Å². The Bertz CT molecular complexity index is 304. The topological polar surface area (TPSA) is 55.5 Å². The highest BCUT2D eigenvalue weighted by molar-refractivity contribution is 5.28. The summed E-state index contributed by atoms with van der Waals surface area (Å²) in [6, 6.07) is 7.15. The Morgan fingerprint density at radius 1 is 1.33 bits per heavy atom. The maximum atomic E-state index is 9.18. The summed E-state index contributed by atoms with van der Waals surface area (Å²) in [4.78, 5) is 0. The van der Waals surface area contributed by atoms with Gasteiger partial charge in [0.15, 0.2) is 0 Å². The lowest BCUT2D eigenvalue weighted by Gasteiger charge is -2.27. The standard InChI is InChI=1S/C12H17NO2/c13-12(10-2-1-7-15-8-10)9-3-5-11(14)6-4-9/h3-6,10,12,14H,1-2,7-8,13H2. The molecule has 3 nitrogen and oxygen atoms in total. The van der Waals surface area contributed by atoms with Crippen molar-refractivity contribution in [1.82, 2.24) is 0 Å². The molecule has 1 aromatic carbocycles. The number of aromatic hydroxyl groups is 1. The minimum Gasteiger partial charge on any atom is -0.508 e. The monoisotopic (exact) mass is 207 g/mol. The number of nitrogens with two attached hydrogens (primary N) is 1. The van der Waals surface area contributed by atoms with Crippen LogP contribution < -0.4 is 5.73 Å². The van der Waals surface area contributed by atoms with Crippen LogP contribution in [0.1, 0.15) is 24.4 Å². The van der Waals surface area contributed by atoms with Crippen LogP contribution in [0.3, 0.4) is 0 Å². The molecule has 2 atom stereocenters. The van der Waals surface area contributed by atoms with Crippen molar-refractivity contribution in [3.63, 3.8) is 0 Å². The first kappa shape index (κ1) is 10.5. The van der Waals surface area contributed by atoms with Crippen LogP contribution >= 0.6 is 0 Å². The van der Waals surface area contributed by atoms with E-state index in [4.69, 9.17) is 10.5 Å². The molecule has 15 heavy (non-hydrogen) atoms. The summed E-state index contributed by atoms with van der Waals surface area (Å²) in [7, 11) is 0. The van der Waals surface area contributed by atoms with Gasteiger partial charge in [0, 0.05) is 18.6 Å². The summed E-state index contributed by atoms with van der Waals surface area (Å²) in [6.45, 7) is 1.61. The zero-order valence-corrected chi connectivity index (χ0v) is 8.73. The highest BCUT2D eigenvalue weighted by atomic mass is 16.5. The summed E-state index contributed by atoms with van der Waals surface area (Å²) in [5.41, 5.74) is 7.23. The molecule has 0 spiro atoms. The molecule has 0 aromatic heterocycles. The smallest absolute Gasteiger partial charge is 0.115 e. The van der Waals surface area contributed by atoms with E-state index in [1.165, 1.54) is 0 Å². The minimum atomic E-state index is 0.0194. The van der Waals surface area contributed by atoms with Crippen molar-refractivity contribution in [3.05, 3.63) is 29.8 Å². The van der Waals surface area contributed by atoms with Gasteiger partial charge in [-0.15, -0.1) is 0 Å². The van der Waals surface area contributed by atoms with Crippen molar-refractivity contribution in [2.75, 3.05) is 13.2 Å². The maximum Gasteiger partial charge on any atom is 0.115 e. The predicted octanol–water partition coefficient (Wildman–Crippen LogP) is 1.82. The SMILES string of the molecule is NC(c1ccc(O)cc1)C1CCCOC1. The van der Waals surface area contributed by atoms with E-state index in [9.17, 15) is 5.11 Å². The van der Waals surface area contributed by atoms with Gasteiger partial charge in [-0.2, -0.15) is 0 Å². The average molecular weight is 207 g/mol. The Kier molecular flexibility index (Phi) is 3.23. The lowest BCUT2D eigenvalue weighted by molar-refractivity contribution is 0.0447. The van der Waals surface area contributed by atoms with Gasteiger partial charge in [0.2, 0.25) is 0 Å². The molecule has 1 saturated heterocycles. The van der Waals surface area contributed by atoms with Crippen LogP contribution in [0.15, 0.2) is 24.3 Å². The fourth-order valence-electron chi connectivity index (χ4n) is 2.02. The van der Waals surface area contributed by atoms with E-state index in [1.54, 1.807) is 12.1 Å². The molecule has 2 unspecified atom stereocenters. The third kappa shape index (κ3) is 2.49. The molecule has 0 saturated carbocycles. The maximum absolute atomic E-state index is 9.18. The number of rotatable bonds is 2. The lowest BCUT2D eigenvalue weighted by Crippen LogP contribution is -2.28. The third-order valence-electron chi connectivity index (χ3n) is 2.98. The van der Waals surface area contributed by atoms with E-state index in [0.717, 1.165) is 31.6 Å². The second-order valence-electron chi connectivity index (χ2n) is 4.09. The predicted molar refractivity (Wildman–Crippen MR) is 58.6 cm³/mol. The lowest BCUT2D eigenvalue weighted by atomic mass is 9.89. The van der Waals surface area contributed by atoms with Gasteiger partial charge < -0.3 is 15.6 Å². The molecule has 1 aliphatic heterocycles. The minimum absolute atomic E-state index is 0.0194. The molecule has 1 heterocycles. The van der Waals surface area contributed by atoms with Crippen molar-refractivity contribution in [2.45, 2.75) is 18.9 Å². The molecular formula is C12H17NO2. The van der Waals surface area contributed by atoms with Crippen molar-refractivity contribution >= 4 is 0 Å². The van der Waals surface area contributed by atoms with E-state index in [0.29, 0.717) is 5.92 Å². The summed E-state index contributed by atoms with van der Waals surface area (Å²) < 4.78 is 5.42. The molecule has 1 fully saturated rings. The first-order chi connectivity index (χ1) is 7.27. The molecule has 0 bridgehead atoms. The average Bonchev–Trinajstić information content (AvgIpc) is 2.30. The zero-order valence-electron chi connectivity index (χ0n) is 8.73. The van der Waals surface area contributed by atoms with Gasteiger partial charge >= 0.3 is 0 Å². The first-order valence-corrected chi connectivity index (χ1v) is 5.39.